The fourth-order valence-corrected chi connectivity index (χ4v) is 3.86. The van der Waals surface area contributed by atoms with Crippen molar-refractivity contribution in [2.75, 3.05) is 33.2 Å². The average molecular weight is 390 g/mol. The van der Waals surface area contributed by atoms with Crippen molar-refractivity contribution >= 4 is 22.5 Å². The zero-order valence-corrected chi connectivity index (χ0v) is 16.2. The summed E-state index contributed by atoms with van der Waals surface area (Å²) in [6.07, 6.45) is 5.44. The maximum Gasteiger partial charge on any atom is 0.257 e. The third-order valence-electron chi connectivity index (χ3n) is 5.61. The summed E-state index contributed by atoms with van der Waals surface area (Å²) in [6.45, 7) is 3.13. The Kier molecular flexibility index (Phi) is 4.30. The molecule has 29 heavy (non-hydrogen) atoms. The number of carbonyl (C=O) groups excluding carboxylic acids is 1. The van der Waals surface area contributed by atoms with Gasteiger partial charge in [0, 0.05) is 49.5 Å². The molecule has 2 N–H and O–H groups in total. The molecule has 8 nitrogen and oxygen atoms in total. The first-order valence-corrected chi connectivity index (χ1v) is 9.67. The second-order valence-electron chi connectivity index (χ2n) is 7.46. The third kappa shape index (κ3) is 3.06. The number of amides is 1. The number of aliphatic hydroxyl groups excluding tert-OH is 1. The van der Waals surface area contributed by atoms with E-state index in [0.29, 0.717) is 11.3 Å². The number of likely N-dealkylation sites (N-methyl/N-ethyl adjacent to an activating group) is 1. The first-order valence-electron chi connectivity index (χ1n) is 9.67. The van der Waals surface area contributed by atoms with Crippen LogP contribution in [0.1, 0.15) is 16.1 Å². The molecular formula is C21H22N6O2. The van der Waals surface area contributed by atoms with E-state index in [-0.39, 0.29) is 12.5 Å². The number of nitrogens with zero attached hydrogens (tertiary/aromatic N) is 5. The zero-order valence-electron chi connectivity index (χ0n) is 16.2. The molecule has 8 heteroatoms. The summed E-state index contributed by atoms with van der Waals surface area (Å²) in [5, 5.41) is 14.6. The molecule has 0 aliphatic carbocycles. The quantitative estimate of drug-likeness (QED) is 0.556. The van der Waals surface area contributed by atoms with E-state index in [0.717, 1.165) is 53.9 Å². The number of carbonyl (C=O) groups is 1. The van der Waals surface area contributed by atoms with E-state index in [2.05, 4.69) is 27.0 Å². The van der Waals surface area contributed by atoms with Gasteiger partial charge in [0.25, 0.3) is 5.91 Å². The maximum atomic E-state index is 13.1. The maximum absolute atomic E-state index is 13.1. The molecule has 0 radical (unpaired) electrons. The van der Waals surface area contributed by atoms with Crippen molar-refractivity contribution < 1.29 is 9.90 Å². The van der Waals surface area contributed by atoms with Gasteiger partial charge in [-0.1, -0.05) is 0 Å². The molecule has 0 bridgehead atoms. The predicted molar refractivity (Wildman–Crippen MR) is 110 cm³/mol. The topological polar surface area (TPSA) is 89.8 Å². The number of aromatic nitrogens is 4. The highest BCUT2D eigenvalue weighted by molar-refractivity contribution is 6.02. The Morgan fingerprint density at radius 2 is 2.03 bits per heavy atom. The number of pyridine rings is 2. The Balaban J connectivity index is 1.54. The Hall–Kier alpha value is -3.23. The smallest absolute Gasteiger partial charge is 0.257 e. The lowest BCUT2D eigenvalue weighted by molar-refractivity contribution is 0.0666. The van der Waals surface area contributed by atoms with Gasteiger partial charge in [-0.3, -0.25) is 4.79 Å². The molecule has 0 unspecified atom stereocenters. The molecule has 1 aliphatic rings. The Bertz CT molecular complexity index is 1200. The molecule has 0 spiro atoms. The molecule has 1 amide bonds. The minimum Gasteiger partial charge on any atom is -0.390 e. The summed E-state index contributed by atoms with van der Waals surface area (Å²) in [5.74, 6) is 0.0263. The number of aliphatic hydroxyl groups is 1. The summed E-state index contributed by atoms with van der Waals surface area (Å²) in [5.41, 5.74) is 4.75. The highest BCUT2D eigenvalue weighted by Gasteiger charge is 2.23. The zero-order chi connectivity index (χ0) is 20.0. The average Bonchev–Trinajstić information content (AvgIpc) is 3.37. The Morgan fingerprint density at radius 3 is 2.83 bits per heavy atom. The molecule has 148 valence electrons. The summed E-state index contributed by atoms with van der Waals surface area (Å²) in [6, 6.07) is 7.75. The number of piperazine rings is 1. The van der Waals surface area contributed by atoms with Gasteiger partial charge in [-0.25, -0.2) is 9.50 Å². The second kappa shape index (κ2) is 6.98. The van der Waals surface area contributed by atoms with Gasteiger partial charge in [-0.05, 0) is 36.9 Å². The van der Waals surface area contributed by atoms with Crippen LogP contribution in [0.3, 0.4) is 0 Å². The summed E-state index contributed by atoms with van der Waals surface area (Å²) < 4.78 is 1.74. The number of H-pyrrole nitrogens is 1. The molecule has 1 aliphatic heterocycles. The van der Waals surface area contributed by atoms with Crippen LogP contribution >= 0.6 is 0 Å². The van der Waals surface area contributed by atoms with Gasteiger partial charge < -0.3 is 19.9 Å². The molecule has 4 aromatic heterocycles. The number of hydrogen-bond donors (Lipinski definition) is 2. The normalized spacial score (nSPS) is 15.4. The molecule has 0 saturated carbocycles. The van der Waals surface area contributed by atoms with Crippen molar-refractivity contribution in [3.8, 4) is 11.1 Å². The van der Waals surface area contributed by atoms with Crippen LogP contribution in [0.15, 0.2) is 42.9 Å². The highest BCUT2D eigenvalue weighted by Crippen LogP contribution is 2.29. The molecule has 0 atom stereocenters. The number of rotatable bonds is 3. The van der Waals surface area contributed by atoms with E-state index in [1.165, 1.54) is 0 Å². The van der Waals surface area contributed by atoms with E-state index < -0.39 is 0 Å². The van der Waals surface area contributed by atoms with E-state index in [4.69, 9.17) is 0 Å². The Labute approximate surface area is 167 Å². The number of hydrogen-bond acceptors (Lipinski definition) is 5. The van der Waals surface area contributed by atoms with Gasteiger partial charge >= 0.3 is 0 Å². The van der Waals surface area contributed by atoms with Gasteiger partial charge in [0.15, 0.2) is 0 Å². The van der Waals surface area contributed by atoms with Crippen LogP contribution in [0, 0.1) is 0 Å². The lowest BCUT2D eigenvalue weighted by Crippen LogP contribution is -2.47. The molecule has 1 saturated heterocycles. The van der Waals surface area contributed by atoms with Crippen molar-refractivity contribution in [1.82, 2.24) is 29.4 Å². The minimum absolute atomic E-state index is 0.0263. The van der Waals surface area contributed by atoms with Crippen LogP contribution in [0.4, 0.5) is 0 Å². The van der Waals surface area contributed by atoms with Gasteiger partial charge in [-0.2, -0.15) is 5.10 Å². The second-order valence-corrected chi connectivity index (χ2v) is 7.46. The Morgan fingerprint density at radius 1 is 1.21 bits per heavy atom. The number of nitrogens with one attached hydrogen (secondary N) is 1. The SMILES string of the molecule is CN1CCN(C(=O)c2cnn3ccc(-c4c[nH]c5nc(CO)ccc45)cc23)CC1. The van der Waals surface area contributed by atoms with Crippen LogP contribution < -0.4 is 0 Å². The summed E-state index contributed by atoms with van der Waals surface area (Å²) in [4.78, 5) is 24.8. The molecule has 4 aromatic rings. The standard InChI is InChI=1S/C21H22N6O2/c1-25-6-8-26(9-7-25)21(29)18-12-23-27-5-4-14(10-19(18)27)17-11-22-20-16(17)3-2-15(13-28)24-20/h2-5,10-12,28H,6-9,13H2,1H3,(H,22,24). The van der Waals surface area contributed by atoms with Crippen LogP contribution in [0.2, 0.25) is 0 Å². The fraction of sp³-hybridized carbons (Fsp3) is 0.286. The minimum atomic E-state index is -0.0934. The van der Waals surface area contributed by atoms with Crippen molar-refractivity contribution in [2.45, 2.75) is 6.61 Å². The van der Waals surface area contributed by atoms with E-state index in [1.54, 1.807) is 10.7 Å². The predicted octanol–water partition coefficient (Wildman–Crippen LogP) is 1.76. The lowest BCUT2D eigenvalue weighted by Gasteiger charge is -2.32. The highest BCUT2D eigenvalue weighted by atomic mass is 16.3. The fourth-order valence-electron chi connectivity index (χ4n) is 3.86. The van der Waals surface area contributed by atoms with Crippen LogP contribution in [-0.2, 0) is 6.61 Å². The van der Waals surface area contributed by atoms with Gasteiger partial charge in [0.1, 0.15) is 5.65 Å². The third-order valence-corrected chi connectivity index (χ3v) is 5.61. The summed E-state index contributed by atoms with van der Waals surface area (Å²) >= 11 is 0. The van der Waals surface area contributed by atoms with E-state index in [1.807, 2.05) is 41.6 Å². The number of aromatic amines is 1. The van der Waals surface area contributed by atoms with Crippen molar-refractivity contribution in [2.24, 2.45) is 0 Å². The van der Waals surface area contributed by atoms with Gasteiger partial charge in [-0.15, -0.1) is 0 Å². The van der Waals surface area contributed by atoms with Gasteiger partial charge in [0.2, 0.25) is 0 Å². The van der Waals surface area contributed by atoms with Gasteiger partial charge in [0.05, 0.1) is 29.6 Å². The van der Waals surface area contributed by atoms with E-state index >= 15 is 0 Å². The van der Waals surface area contributed by atoms with Crippen LogP contribution in [0.5, 0.6) is 0 Å². The number of fused-ring (bicyclic) bond motifs is 2. The monoisotopic (exact) mass is 390 g/mol. The molecular weight excluding hydrogens is 368 g/mol. The first kappa shape index (κ1) is 17.8. The van der Waals surface area contributed by atoms with Crippen molar-refractivity contribution in [1.29, 1.82) is 0 Å². The lowest BCUT2D eigenvalue weighted by atomic mass is 10.1. The first-order chi connectivity index (χ1) is 14.1. The molecule has 1 fully saturated rings. The van der Waals surface area contributed by atoms with Crippen LogP contribution in [-0.4, -0.2) is 73.6 Å². The van der Waals surface area contributed by atoms with Crippen molar-refractivity contribution in [3.05, 3.63) is 54.1 Å². The molecule has 5 rings (SSSR count). The van der Waals surface area contributed by atoms with Crippen LogP contribution in [0.25, 0.3) is 27.7 Å². The van der Waals surface area contributed by atoms with Crippen molar-refractivity contribution in [3.63, 3.8) is 0 Å². The summed E-state index contributed by atoms with van der Waals surface area (Å²) in [7, 11) is 2.07. The molecule has 5 heterocycles. The molecule has 0 aromatic carbocycles. The largest absolute Gasteiger partial charge is 0.390 e. The van der Waals surface area contributed by atoms with E-state index in [9.17, 15) is 9.90 Å².